The van der Waals surface area contributed by atoms with Crippen LogP contribution in [0.5, 0.6) is 5.75 Å². The van der Waals surface area contributed by atoms with Crippen LogP contribution in [0.25, 0.3) is 0 Å². The Morgan fingerprint density at radius 2 is 1.67 bits per heavy atom. The zero-order valence-electron chi connectivity index (χ0n) is 16.7. The summed E-state index contributed by atoms with van der Waals surface area (Å²) in [7, 11) is 1.55. The minimum absolute atomic E-state index is 0.0194. The van der Waals surface area contributed by atoms with Gasteiger partial charge in [-0.05, 0) is 42.2 Å². The molecule has 0 spiro atoms. The Hall–Kier alpha value is -2.82. The van der Waals surface area contributed by atoms with E-state index >= 15 is 0 Å². The second-order valence-corrected chi connectivity index (χ2v) is 7.40. The number of carbonyl (C=O) groups excluding carboxylic acids is 2. The molecule has 0 aromatic heterocycles. The number of rotatable bonds is 6. The third-order valence-electron chi connectivity index (χ3n) is 4.38. The van der Waals surface area contributed by atoms with E-state index in [1.807, 2.05) is 43.3 Å². The van der Waals surface area contributed by atoms with Gasteiger partial charge in [0.1, 0.15) is 12.3 Å². The number of hydrogen-bond donors (Lipinski definition) is 1. The zero-order valence-corrected chi connectivity index (χ0v) is 16.7. The molecule has 0 aliphatic heterocycles. The molecule has 0 aliphatic rings. The normalized spacial score (nSPS) is 11.0. The largest absolute Gasteiger partial charge is 0.495 e. The fourth-order valence-corrected chi connectivity index (χ4v) is 2.73. The number of para-hydroxylation sites is 2. The van der Waals surface area contributed by atoms with Gasteiger partial charge in [-0.15, -0.1) is 0 Å². The van der Waals surface area contributed by atoms with Gasteiger partial charge in [0.25, 0.3) is 5.91 Å². The molecule has 0 radical (unpaired) electrons. The summed E-state index contributed by atoms with van der Waals surface area (Å²) in [5.41, 5.74) is 2.36. The van der Waals surface area contributed by atoms with Crippen molar-refractivity contribution >= 4 is 17.5 Å². The second kappa shape index (κ2) is 8.71. The molecule has 0 saturated carbocycles. The molecule has 0 bridgehead atoms. The number of likely N-dealkylation sites (N-methyl/N-ethyl adjacent to an activating group) is 1. The number of hydrogen-bond acceptors (Lipinski definition) is 3. The molecule has 0 fully saturated rings. The van der Waals surface area contributed by atoms with Gasteiger partial charge in [0, 0.05) is 12.1 Å². The highest BCUT2D eigenvalue weighted by Crippen LogP contribution is 2.24. The summed E-state index contributed by atoms with van der Waals surface area (Å²) in [6, 6.07) is 14.8. The Morgan fingerprint density at radius 3 is 2.22 bits per heavy atom. The van der Waals surface area contributed by atoms with Gasteiger partial charge in [0.05, 0.1) is 12.8 Å². The number of anilines is 1. The van der Waals surface area contributed by atoms with E-state index in [4.69, 9.17) is 4.74 Å². The summed E-state index contributed by atoms with van der Waals surface area (Å²) < 4.78 is 5.24. The Labute approximate surface area is 161 Å². The Bertz CT molecular complexity index is 792. The van der Waals surface area contributed by atoms with Crippen molar-refractivity contribution in [2.45, 2.75) is 33.1 Å². The maximum atomic E-state index is 12.8. The fraction of sp³-hybridized carbons (Fsp3) is 0.364. The van der Waals surface area contributed by atoms with Crippen molar-refractivity contribution in [3.05, 3.63) is 59.7 Å². The SMILES string of the molecule is CCN(CC(=O)Nc1ccccc1OC)C(=O)c1ccc(C(C)(C)C)cc1. The standard InChI is InChI=1S/C22H28N2O3/c1-6-24(15-20(25)23-18-9-7-8-10-19(18)27-5)21(26)16-11-13-17(14-12-16)22(2,3)4/h7-14H,6,15H2,1-5H3,(H,23,25). The van der Waals surface area contributed by atoms with E-state index in [9.17, 15) is 9.59 Å². The fourth-order valence-electron chi connectivity index (χ4n) is 2.73. The van der Waals surface area contributed by atoms with Crippen molar-refractivity contribution in [2.75, 3.05) is 25.5 Å². The van der Waals surface area contributed by atoms with Crippen molar-refractivity contribution in [2.24, 2.45) is 0 Å². The lowest BCUT2D eigenvalue weighted by Crippen LogP contribution is -2.37. The Kier molecular flexibility index (Phi) is 6.61. The zero-order chi connectivity index (χ0) is 20.0. The molecule has 5 nitrogen and oxygen atoms in total. The Morgan fingerprint density at radius 1 is 1.04 bits per heavy atom. The first kappa shape index (κ1) is 20.5. The van der Waals surface area contributed by atoms with Crippen LogP contribution in [0.1, 0.15) is 43.6 Å². The number of nitrogens with zero attached hydrogens (tertiary/aromatic N) is 1. The number of ether oxygens (including phenoxy) is 1. The molecular weight excluding hydrogens is 340 g/mol. The van der Waals surface area contributed by atoms with Crippen molar-refractivity contribution in [3.8, 4) is 5.75 Å². The maximum Gasteiger partial charge on any atom is 0.254 e. The topological polar surface area (TPSA) is 58.6 Å². The highest BCUT2D eigenvalue weighted by atomic mass is 16.5. The molecule has 2 rings (SSSR count). The lowest BCUT2D eigenvalue weighted by Gasteiger charge is -2.22. The van der Waals surface area contributed by atoms with Gasteiger partial charge < -0.3 is 15.0 Å². The van der Waals surface area contributed by atoms with Gasteiger partial charge in [-0.3, -0.25) is 9.59 Å². The van der Waals surface area contributed by atoms with Crippen LogP contribution in [0.2, 0.25) is 0 Å². The van der Waals surface area contributed by atoms with Crippen LogP contribution in [-0.4, -0.2) is 36.9 Å². The van der Waals surface area contributed by atoms with Gasteiger partial charge in [0.15, 0.2) is 0 Å². The number of methoxy groups -OCH3 is 1. The van der Waals surface area contributed by atoms with E-state index in [2.05, 4.69) is 26.1 Å². The van der Waals surface area contributed by atoms with Crippen molar-refractivity contribution < 1.29 is 14.3 Å². The lowest BCUT2D eigenvalue weighted by molar-refractivity contribution is -0.116. The van der Waals surface area contributed by atoms with E-state index in [-0.39, 0.29) is 23.8 Å². The third-order valence-corrected chi connectivity index (χ3v) is 4.38. The summed E-state index contributed by atoms with van der Waals surface area (Å²) >= 11 is 0. The Balaban J connectivity index is 2.07. The molecule has 0 atom stereocenters. The predicted molar refractivity (Wildman–Crippen MR) is 108 cm³/mol. The number of carbonyl (C=O) groups is 2. The molecule has 144 valence electrons. The quantitative estimate of drug-likeness (QED) is 0.835. The van der Waals surface area contributed by atoms with Crippen molar-refractivity contribution in [1.29, 1.82) is 0 Å². The minimum Gasteiger partial charge on any atom is -0.495 e. The molecule has 0 heterocycles. The van der Waals surface area contributed by atoms with Crippen LogP contribution in [0.15, 0.2) is 48.5 Å². The highest BCUT2D eigenvalue weighted by molar-refractivity contribution is 5.99. The van der Waals surface area contributed by atoms with E-state index in [0.717, 1.165) is 5.56 Å². The molecule has 2 amide bonds. The van der Waals surface area contributed by atoms with Crippen molar-refractivity contribution in [3.63, 3.8) is 0 Å². The first-order valence-corrected chi connectivity index (χ1v) is 9.09. The summed E-state index contributed by atoms with van der Waals surface area (Å²) in [4.78, 5) is 26.7. The van der Waals surface area contributed by atoms with E-state index in [1.54, 1.807) is 19.2 Å². The third kappa shape index (κ3) is 5.33. The summed E-state index contributed by atoms with van der Waals surface area (Å²) in [6.45, 7) is 8.67. The molecule has 27 heavy (non-hydrogen) atoms. The number of nitrogens with one attached hydrogen (secondary N) is 1. The maximum absolute atomic E-state index is 12.8. The van der Waals surface area contributed by atoms with Crippen LogP contribution in [-0.2, 0) is 10.2 Å². The van der Waals surface area contributed by atoms with Gasteiger partial charge in [-0.2, -0.15) is 0 Å². The molecule has 0 aliphatic carbocycles. The molecular formula is C22H28N2O3. The molecule has 1 N–H and O–H groups in total. The van der Waals surface area contributed by atoms with Gasteiger partial charge in [-0.25, -0.2) is 0 Å². The molecule has 2 aromatic rings. The van der Waals surface area contributed by atoms with Gasteiger partial charge >= 0.3 is 0 Å². The number of benzene rings is 2. The molecule has 0 unspecified atom stereocenters. The van der Waals surface area contributed by atoms with Crippen LogP contribution in [0.4, 0.5) is 5.69 Å². The molecule has 2 aromatic carbocycles. The van der Waals surface area contributed by atoms with E-state index < -0.39 is 0 Å². The van der Waals surface area contributed by atoms with Crippen LogP contribution >= 0.6 is 0 Å². The summed E-state index contributed by atoms with van der Waals surface area (Å²) in [6.07, 6.45) is 0. The monoisotopic (exact) mass is 368 g/mol. The summed E-state index contributed by atoms with van der Waals surface area (Å²) in [5, 5.41) is 2.80. The minimum atomic E-state index is -0.263. The van der Waals surface area contributed by atoms with E-state index in [1.165, 1.54) is 4.90 Å². The lowest BCUT2D eigenvalue weighted by atomic mass is 9.86. The van der Waals surface area contributed by atoms with E-state index in [0.29, 0.717) is 23.5 Å². The van der Waals surface area contributed by atoms with Crippen molar-refractivity contribution in [1.82, 2.24) is 4.90 Å². The average molecular weight is 368 g/mol. The van der Waals surface area contributed by atoms with Crippen LogP contribution in [0, 0.1) is 0 Å². The van der Waals surface area contributed by atoms with Crippen LogP contribution in [0.3, 0.4) is 0 Å². The first-order valence-electron chi connectivity index (χ1n) is 9.09. The smallest absolute Gasteiger partial charge is 0.254 e. The first-order chi connectivity index (χ1) is 12.8. The second-order valence-electron chi connectivity index (χ2n) is 7.40. The van der Waals surface area contributed by atoms with Gasteiger partial charge in [-0.1, -0.05) is 45.0 Å². The predicted octanol–water partition coefficient (Wildman–Crippen LogP) is 4.09. The van der Waals surface area contributed by atoms with Crippen LogP contribution < -0.4 is 10.1 Å². The highest BCUT2D eigenvalue weighted by Gasteiger charge is 2.19. The van der Waals surface area contributed by atoms with Gasteiger partial charge in [0.2, 0.25) is 5.91 Å². The number of amides is 2. The summed E-state index contributed by atoms with van der Waals surface area (Å²) in [5.74, 6) is 0.159. The molecule has 0 saturated heterocycles. The molecule has 5 heteroatoms. The average Bonchev–Trinajstić information content (AvgIpc) is 2.65.